The summed E-state index contributed by atoms with van der Waals surface area (Å²) < 4.78 is 16.4. The Labute approximate surface area is 154 Å². The number of rotatable bonds is 8. The largest absolute Gasteiger partial charge is 0.494 e. The van der Waals surface area contributed by atoms with Crippen molar-refractivity contribution < 1.29 is 19.0 Å². The number of fused-ring (bicyclic) bond motifs is 1. The Morgan fingerprint density at radius 1 is 1.08 bits per heavy atom. The summed E-state index contributed by atoms with van der Waals surface area (Å²) in [5.41, 5.74) is 1.68. The molecule has 2 aromatic rings. The van der Waals surface area contributed by atoms with Crippen molar-refractivity contribution in [2.24, 2.45) is 0 Å². The van der Waals surface area contributed by atoms with Gasteiger partial charge in [0.1, 0.15) is 5.75 Å². The van der Waals surface area contributed by atoms with E-state index in [9.17, 15) is 4.79 Å². The zero-order valence-corrected chi connectivity index (χ0v) is 15.4. The van der Waals surface area contributed by atoms with Gasteiger partial charge in [0.25, 0.3) is 5.91 Å². The highest BCUT2D eigenvalue weighted by Gasteiger charge is 2.17. The first-order valence-electron chi connectivity index (χ1n) is 9.12. The van der Waals surface area contributed by atoms with E-state index in [0.717, 1.165) is 35.7 Å². The van der Waals surface area contributed by atoms with E-state index < -0.39 is 0 Å². The molecule has 138 valence electrons. The van der Waals surface area contributed by atoms with Gasteiger partial charge in [0.2, 0.25) is 6.79 Å². The Kier molecular flexibility index (Phi) is 6.00. The molecule has 0 atom stereocenters. The molecule has 0 bridgehead atoms. The Balaban J connectivity index is 1.64. The maximum Gasteiger partial charge on any atom is 0.254 e. The van der Waals surface area contributed by atoms with Crippen LogP contribution < -0.4 is 14.2 Å². The molecule has 3 rings (SSSR count). The zero-order chi connectivity index (χ0) is 18.4. The van der Waals surface area contributed by atoms with Crippen LogP contribution in [0.2, 0.25) is 0 Å². The van der Waals surface area contributed by atoms with Gasteiger partial charge in [-0.2, -0.15) is 0 Å². The third-order valence-electron chi connectivity index (χ3n) is 4.35. The molecule has 0 unspecified atom stereocenters. The summed E-state index contributed by atoms with van der Waals surface area (Å²) in [6, 6.07) is 13.2. The first kappa shape index (κ1) is 18.1. The van der Waals surface area contributed by atoms with Gasteiger partial charge in [-0.3, -0.25) is 4.79 Å². The fraction of sp³-hybridized carbons (Fsp3) is 0.381. The third-order valence-corrected chi connectivity index (χ3v) is 4.35. The van der Waals surface area contributed by atoms with Crippen molar-refractivity contribution >= 4 is 5.91 Å². The third kappa shape index (κ3) is 4.28. The Morgan fingerprint density at radius 2 is 1.85 bits per heavy atom. The molecule has 0 fully saturated rings. The predicted octanol–water partition coefficient (Wildman–Crippen LogP) is 4.26. The summed E-state index contributed by atoms with van der Waals surface area (Å²) in [5.74, 6) is 2.29. The number of hydrogen-bond acceptors (Lipinski definition) is 4. The number of carbonyl (C=O) groups excluding carboxylic acids is 1. The Morgan fingerprint density at radius 3 is 2.58 bits per heavy atom. The highest BCUT2D eigenvalue weighted by molar-refractivity contribution is 5.94. The lowest BCUT2D eigenvalue weighted by Gasteiger charge is -2.21. The number of unbranched alkanes of at least 4 members (excludes halogenated alkanes) is 1. The van der Waals surface area contributed by atoms with E-state index in [1.165, 1.54) is 0 Å². The lowest BCUT2D eigenvalue weighted by atomic mass is 10.1. The summed E-state index contributed by atoms with van der Waals surface area (Å²) in [6.07, 6.45) is 2.13. The number of benzene rings is 2. The van der Waals surface area contributed by atoms with Gasteiger partial charge in [-0.25, -0.2) is 0 Å². The summed E-state index contributed by atoms with van der Waals surface area (Å²) in [5, 5.41) is 0. The number of amides is 1. The molecular weight excluding hydrogens is 330 g/mol. The molecule has 1 aliphatic heterocycles. The van der Waals surface area contributed by atoms with E-state index in [-0.39, 0.29) is 12.7 Å². The van der Waals surface area contributed by atoms with E-state index in [2.05, 4.69) is 6.92 Å². The fourth-order valence-electron chi connectivity index (χ4n) is 2.80. The van der Waals surface area contributed by atoms with Crippen LogP contribution in [0.5, 0.6) is 17.2 Å². The molecule has 0 saturated heterocycles. The van der Waals surface area contributed by atoms with Crippen LogP contribution in [-0.2, 0) is 6.54 Å². The van der Waals surface area contributed by atoms with E-state index in [1.54, 1.807) is 0 Å². The van der Waals surface area contributed by atoms with Gasteiger partial charge >= 0.3 is 0 Å². The highest BCUT2D eigenvalue weighted by Crippen LogP contribution is 2.32. The lowest BCUT2D eigenvalue weighted by Crippen LogP contribution is -2.30. The number of nitrogens with zero attached hydrogens (tertiary/aromatic N) is 1. The van der Waals surface area contributed by atoms with Gasteiger partial charge in [0, 0.05) is 18.7 Å². The van der Waals surface area contributed by atoms with Gasteiger partial charge in [0.15, 0.2) is 11.5 Å². The number of hydrogen-bond donors (Lipinski definition) is 0. The van der Waals surface area contributed by atoms with Gasteiger partial charge in [-0.1, -0.05) is 19.4 Å². The van der Waals surface area contributed by atoms with Crippen LogP contribution in [0, 0.1) is 0 Å². The second kappa shape index (κ2) is 8.61. The molecule has 5 nitrogen and oxygen atoms in total. The maximum atomic E-state index is 12.8. The topological polar surface area (TPSA) is 48.0 Å². The van der Waals surface area contributed by atoms with Crippen molar-refractivity contribution in [2.45, 2.75) is 33.2 Å². The van der Waals surface area contributed by atoms with Crippen molar-refractivity contribution in [1.29, 1.82) is 0 Å². The monoisotopic (exact) mass is 355 g/mol. The van der Waals surface area contributed by atoms with E-state index in [1.807, 2.05) is 54.3 Å². The second-order valence-corrected chi connectivity index (χ2v) is 6.23. The minimum absolute atomic E-state index is 0.00488. The van der Waals surface area contributed by atoms with Gasteiger partial charge in [-0.15, -0.1) is 0 Å². The van der Waals surface area contributed by atoms with Crippen LogP contribution in [0.25, 0.3) is 0 Å². The van der Waals surface area contributed by atoms with Crippen molar-refractivity contribution in [3.8, 4) is 17.2 Å². The van der Waals surface area contributed by atoms with Crippen molar-refractivity contribution in [3.63, 3.8) is 0 Å². The maximum absolute atomic E-state index is 12.8. The molecule has 26 heavy (non-hydrogen) atoms. The molecule has 0 aromatic heterocycles. The molecule has 0 radical (unpaired) electrons. The van der Waals surface area contributed by atoms with Gasteiger partial charge in [0.05, 0.1) is 6.61 Å². The lowest BCUT2D eigenvalue weighted by molar-refractivity contribution is 0.0752. The molecule has 0 saturated carbocycles. The standard InChI is InChI=1S/C21H25NO4/c1-3-5-12-24-18-9-7-17(8-10-18)21(23)22(4-2)14-16-6-11-19-20(13-16)26-15-25-19/h6-11,13H,3-5,12,14-15H2,1-2H3. The van der Waals surface area contributed by atoms with Crippen molar-refractivity contribution in [2.75, 3.05) is 19.9 Å². The Hall–Kier alpha value is -2.69. The van der Waals surface area contributed by atoms with E-state index in [0.29, 0.717) is 25.3 Å². The predicted molar refractivity (Wildman–Crippen MR) is 99.8 cm³/mol. The van der Waals surface area contributed by atoms with Crippen LogP contribution in [0.15, 0.2) is 42.5 Å². The van der Waals surface area contributed by atoms with Gasteiger partial charge < -0.3 is 19.1 Å². The van der Waals surface area contributed by atoms with Crippen LogP contribution >= 0.6 is 0 Å². The molecule has 0 aliphatic carbocycles. The number of carbonyl (C=O) groups is 1. The molecule has 0 spiro atoms. The van der Waals surface area contributed by atoms with Crippen LogP contribution in [0.4, 0.5) is 0 Å². The van der Waals surface area contributed by atoms with E-state index in [4.69, 9.17) is 14.2 Å². The normalized spacial score (nSPS) is 12.1. The van der Waals surface area contributed by atoms with Crippen LogP contribution in [-0.4, -0.2) is 30.8 Å². The summed E-state index contributed by atoms with van der Waals surface area (Å²) >= 11 is 0. The molecule has 1 amide bonds. The SMILES string of the molecule is CCCCOc1ccc(C(=O)N(CC)Cc2ccc3c(c2)OCO3)cc1. The highest BCUT2D eigenvalue weighted by atomic mass is 16.7. The zero-order valence-electron chi connectivity index (χ0n) is 15.4. The molecule has 1 aliphatic rings. The molecule has 1 heterocycles. The first-order valence-corrected chi connectivity index (χ1v) is 9.12. The summed E-state index contributed by atoms with van der Waals surface area (Å²) in [6.45, 7) is 6.22. The minimum atomic E-state index is 0.00488. The van der Waals surface area contributed by atoms with Crippen molar-refractivity contribution in [3.05, 3.63) is 53.6 Å². The first-order chi connectivity index (χ1) is 12.7. The van der Waals surface area contributed by atoms with Crippen LogP contribution in [0.3, 0.4) is 0 Å². The minimum Gasteiger partial charge on any atom is -0.494 e. The van der Waals surface area contributed by atoms with E-state index >= 15 is 0 Å². The smallest absolute Gasteiger partial charge is 0.254 e. The Bertz CT molecular complexity index is 742. The molecule has 0 N–H and O–H groups in total. The average Bonchev–Trinajstić information content (AvgIpc) is 3.14. The number of ether oxygens (including phenoxy) is 3. The average molecular weight is 355 g/mol. The molecular formula is C21H25NO4. The quantitative estimate of drug-likeness (QED) is 0.664. The molecule has 5 heteroatoms. The van der Waals surface area contributed by atoms with Gasteiger partial charge in [-0.05, 0) is 55.3 Å². The second-order valence-electron chi connectivity index (χ2n) is 6.23. The summed E-state index contributed by atoms with van der Waals surface area (Å²) in [4.78, 5) is 14.6. The van der Waals surface area contributed by atoms with Crippen molar-refractivity contribution in [1.82, 2.24) is 4.90 Å². The summed E-state index contributed by atoms with van der Waals surface area (Å²) in [7, 11) is 0. The fourth-order valence-corrected chi connectivity index (χ4v) is 2.80. The molecule has 2 aromatic carbocycles. The van der Waals surface area contributed by atoms with Crippen LogP contribution in [0.1, 0.15) is 42.6 Å².